The van der Waals surface area contributed by atoms with Gasteiger partial charge in [-0.2, -0.15) is 17.4 Å². The maximum Gasteiger partial charge on any atom is 0.279 e. The van der Waals surface area contributed by atoms with Crippen molar-refractivity contribution in [3.8, 4) is 0 Å². The summed E-state index contributed by atoms with van der Waals surface area (Å²) in [4.78, 5) is 0. The average Bonchev–Trinajstić information content (AvgIpc) is 2.15. The highest BCUT2D eigenvalue weighted by Crippen LogP contribution is 2.13. The van der Waals surface area contributed by atoms with Gasteiger partial charge in [0.25, 0.3) is 10.2 Å². The van der Waals surface area contributed by atoms with Gasteiger partial charge in [-0.3, -0.25) is 0 Å². The molecule has 6 heteroatoms. The molecule has 0 aromatic rings. The molecule has 0 radical (unpaired) electrons. The van der Waals surface area contributed by atoms with Gasteiger partial charge in [0.1, 0.15) is 0 Å². The molecule has 1 aliphatic rings. The van der Waals surface area contributed by atoms with E-state index in [1.54, 1.807) is 0 Å². The van der Waals surface area contributed by atoms with Gasteiger partial charge in [0.05, 0.1) is 12.2 Å². The minimum atomic E-state index is -3.36. The van der Waals surface area contributed by atoms with Crippen LogP contribution in [0.15, 0.2) is 0 Å². The van der Waals surface area contributed by atoms with Gasteiger partial charge in [0.15, 0.2) is 0 Å². The first-order valence-corrected chi connectivity index (χ1v) is 7.22. The molecule has 16 heavy (non-hydrogen) atoms. The number of nitrogens with one attached hydrogen (secondary N) is 1. The summed E-state index contributed by atoms with van der Waals surface area (Å²) < 4.78 is 33.6. The molecule has 5 nitrogen and oxygen atoms in total. The second-order valence-corrected chi connectivity index (χ2v) is 6.21. The minimum absolute atomic E-state index is 0.0292. The molecule has 0 unspecified atom stereocenters. The molecule has 1 rings (SSSR count). The summed E-state index contributed by atoms with van der Waals surface area (Å²) in [6.07, 6.45) is 0.698. The molecule has 0 aliphatic carbocycles. The average molecular weight is 250 g/mol. The van der Waals surface area contributed by atoms with Crippen molar-refractivity contribution in [2.24, 2.45) is 0 Å². The molecule has 1 fully saturated rings. The summed E-state index contributed by atoms with van der Waals surface area (Å²) in [5.74, 6) is 0. The summed E-state index contributed by atoms with van der Waals surface area (Å²) in [6, 6.07) is -0.0292. The van der Waals surface area contributed by atoms with E-state index in [0.29, 0.717) is 13.1 Å². The van der Waals surface area contributed by atoms with E-state index >= 15 is 0 Å². The molecule has 1 N–H and O–H groups in total. The van der Waals surface area contributed by atoms with Gasteiger partial charge in [0, 0.05) is 19.1 Å². The fourth-order valence-electron chi connectivity index (χ4n) is 1.74. The summed E-state index contributed by atoms with van der Waals surface area (Å²) in [7, 11) is -3.36. The molecule has 0 aromatic heterocycles. The van der Waals surface area contributed by atoms with Crippen LogP contribution in [-0.2, 0) is 14.9 Å². The van der Waals surface area contributed by atoms with Gasteiger partial charge in [0.2, 0.25) is 0 Å². The van der Waals surface area contributed by atoms with E-state index in [4.69, 9.17) is 4.74 Å². The molecule has 0 amide bonds. The number of hydrogen-bond donors (Lipinski definition) is 1. The van der Waals surface area contributed by atoms with Crippen molar-refractivity contribution in [1.82, 2.24) is 9.03 Å². The van der Waals surface area contributed by atoms with Crippen molar-refractivity contribution >= 4 is 10.2 Å². The van der Waals surface area contributed by atoms with Crippen LogP contribution in [0.1, 0.15) is 34.1 Å². The van der Waals surface area contributed by atoms with Crippen LogP contribution in [0.2, 0.25) is 0 Å². The highest BCUT2D eigenvalue weighted by atomic mass is 32.2. The second-order valence-electron chi connectivity index (χ2n) is 4.51. The Bertz CT molecular complexity index is 308. The Morgan fingerprint density at radius 1 is 1.38 bits per heavy atom. The molecule has 3 atom stereocenters. The molecule has 0 saturated carbocycles. The Morgan fingerprint density at radius 2 is 1.88 bits per heavy atom. The predicted molar refractivity (Wildman–Crippen MR) is 63.4 cm³/mol. The van der Waals surface area contributed by atoms with Crippen LogP contribution in [-0.4, -0.2) is 44.1 Å². The SMILES string of the molecule is CC[C@H](C)NS(=O)(=O)N1C[C@H](C)O[C@@H](C)C1. The molecule has 0 spiro atoms. The topological polar surface area (TPSA) is 58.6 Å². The van der Waals surface area contributed by atoms with E-state index in [2.05, 4.69) is 4.72 Å². The lowest BCUT2D eigenvalue weighted by molar-refractivity contribution is -0.0444. The molecular formula is C10H22N2O3S. The Balaban J connectivity index is 2.67. The van der Waals surface area contributed by atoms with Crippen LogP contribution in [0.25, 0.3) is 0 Å². The molecule has 0 aromatic carbocycles. The molecular weight excluding hydrogens is 228 g/mol. The quantitative estimate of drug-likeness (QED) is 0.800. The van der Waals surface area contributed by atoms with E-state index in [-0.39, 0.29) is 18.2 Å². The minimum Gasteiger partial charge on any atom is -0.373 e. The summed E-state index contributed by atoms with van der Waals surface area (Å²) in [6.45, 7) is 8.46. The number of nitrogens with zero attached hydrogens (tertiary/aromatic N) is 1. The summed E-state index contributed by atoms with van der Waals surface area (Å²) in [5.41, 5.74) is 0. The Kier molecular flexibility index (Phi) is 4.73. The zero-order chi connectivity index (χ0) is 12.3. The van der Waals surface area contributed by atoms with Crippen LogP contribution in [0.3, 0.4) is 0 Å². The number of hydrogen-bond acceptors (Lipinski definition) is 3. The van der Waals surface area contributed by atoms with Crippen LogP contribution in [0.5, 0.6) is 0 Å². The maximum atomic E-state index is 12.0. The summed E-state index contributed by atoms with van der Waals surface area (Å²) in [5, 5.41) is 0. The Morgan fingerprint density at radius 3 is 2.31 bits per heavy atom. The smallest absolute Gasteiger partial charge is 0.279 e. The highest BCUT2D eigenvalue weighted by molar-refractivity contribution is 7.87. The lowest BCUT2D eigenvalue weighted by Crippen LogP contribution is -2.53. The predicted octanol–water partition coefficient (Wildman–Crippen LogP) is 0.728. The number of ether oxygens (including phenoxy) is 1. The van der Waals surface area contributed by atoms with E-state index in [0.717, 1.165) is 6.42 Å². The second kappa shape index (κ2) is 5.44. The van der Waals surface area contributed by atoms with Crippen LogP contribution < -0.4 is 4.72 Å². The molecule has 96 valence electrons. The maximum absolute atomic E-state index is 12.0. The third kappa shape index (κ3) is 3.69. The lowest BCUT2D eigenvalue weighted by Gasteiger charge is -2.34. The fraction of sp³-hybridized carbons (Fsp3) is 1.00. The molecule has 1 saturated heterocycles. The summed E-state index contributed by atoms with van der Waals surface area (Å²) >= 11 is 0. The van der Waals surface area contributed by atoms with Crippen molar-refractivity contribution in [1.29, 1.82) is 0 Å². The van der Waals surface area contributed by atoms with Crippen LogP contribution in [0, 0.1) is 0 Å². The number of rotatable bonds is 4. The fourth-order valence-corrected chi connectivity index (χ4v) is 3.38. The van der Waals surface area contributed by atoms with E-state index in [1.165, 1.54) is 4.31 Å². The first-order chi connectivity index (χ1) is 7.35. The Hall–Kier alpha value is -0.170. The Labute approximate surface area is 98.3 Å². The van der Waals surface area contributed by atoms with Gasteiger partial charge < -0.3 is 4.74 Å². The standard InChI is InChI=1S/C10H22N2O3S/c1-5-8(2)11-16(13,14)12-6-9(3)15-10(4)7-12/h8-11H,5-7H2,1-4H3/t8-,9-,10-/m0/s1. The first-order valence-electron chi connectivity index (χ1n) is 5.78. The van der Waals surface area contributed by atoms with Crippen molar-refractivity contribution < 1.29 is 13.2 Å². The normalized spacial score (nSPS) is 30.2. The number of morpholine rings is 1. The molecule has 1 heterocycles. The molecule has 0 bridgehead atoms. The third-order valence-corrected chi connectivity index (χ3v) is 4.37. The monoisotopic (exact) mass is 250 g/mol. The zero-order valence-electron chi connectivity index (χ0n) is 10.4. The van der Waals surface area contributed by atoms with Crippen LogP contribution >= 0.6 is 0 Å². The first kappa shape index (κ1) is 13.9. The van der Waals surface area contributed by atoms with Gasteiger partial charge in [-0.05, 0) is 27.2 Å². The zero-order valence-corrected chi connectivity index (χ0v) is 11.3. The van der Waals surface area contributed by atoms with Gasteiger partial charge >= 0.3 is 0 Å². The van der Waals surface area contributed by atoms with Crippen molar-refractivity contribution in [3.05, 3.63) is 0 Å². The van der Waals surface area contributed by atoms with Gasteiger partial charge in [-0.25, -0.2) is 0 Å². The van der Waals surface area contributed by atoms with E-state index in [9.17, 15) is 8.42 Å². The highest BCUT2D eigenvalue weighted by Gasteiger charge is 2.31. The third-order valence-electron chi connectivity index (χ3n) is 2.69. The van der Waals surface area contributed by atoms with Crippen molar-refractivity contribution in [3.63, 3.8) is 0 Å². The van der Waals surface area contributed by atoms with Gasteiger partial charge in [-0.15, -0.1) is 0 Å². The molecule has 1 aliphatic heterocycles. The van der Waals surface area contributed by atoms with E-state index in [1.807, 2.05) is 27.7 Å². The van der Waals surface area contributed by atoms with E-state index < -0.39 is 10.2 Å². The van der Waals surface area contributed by atoms with Crippen molar-refractivity contribution in [2.45, 2.75) is 52.4 Å². The van der Waals surface area contributed by atoms with Crippen molar-refractivity contribution in [2.75, 3.05) is 13.1 Å². The largest absolute Gasteiger partial charge is 0.373 e. The lowest BCUT2D eigenvalue weighted by atomic mass is 10.3. The van der Waals surface area contributed by atoms with Gasteiger partial charge in [-0.1, -0.05) is 6.92 Å². The van der Waals surface area contributed by atoms with Crippen LogP contribution in [0.4, 0.5) is 0 Å².